The minimum atomic E-state index is -1.07. The Morgan fingerprint density at radius 2 is 1.29 bits per heavy atom. The molecule has 0 radical (unpaired) electrons. The molecule has 0 spiro atoms. The molecule has 10 heteroatoms. The first kappa shape index (κ1) is 21.8. The van der Waals surface area contributed by atoms with Gasteiger partial charge in [0, 0.05) is 12.8 Å². The zero-order valence-corrected chi connectivity index (χ0v) is 14.1. The first-order valence-corrected chi connectivity index (χ1v) is 7.66. The molecule has 0 heterocycles. The largest absolute Gasteiger partial charge is 0.481 e. The van der Waals surface area contributed by atoms with E-state index in [1.165, 1.54) is 9.80 Å². The SMILES string of the molecule is CCNCN(CN(CNC)C(=O)CCC(=O)O)C(=O)CCC(=O)O. The lowest BCUT2D eigenvalue weighted by atomic mass is 10.2. The Bertz CT molecular complexity index is 443. The van der Waals surface area contributed by atoms with Crippen molar-refractivity contribution >= 4 is 23.8 Å². The Morgan fingerprint density at radius 3 is 1.67 bits per heavy atom. The van der Waals surface area contributed by atoms with E-state index in [4.69, 9.17) is 10.2 Å². The van der Waals surface area contributed by atoms with Crippen molar-refractivity contribution in [2.45, 2.75) is 32.6 Å². The Balaban J connectivity index is 4.86. The van der Waals surface area contributed by atoms with Gasteiger partial charge in [-0.15, -0.1) is 0 Å². The smallest absolute Gasteiger partial charge is 0.303 e. The van der Waals surface area contributed by atoms with E-state index in [1.54, 1.807) is 7.05 Å². The lowest BCUT2D eigenvalue weighted by molar-refractivity contribution is -0.145. The van der Waals surface area contributed by atoms with Crippen LogP contribution in [0.4, 0.5) is 0 Å². The maximum Gasteiger partial charge on any atom is 0.303 e. The van der Waals surface area contributed by atoms with Crippen molar-refractivity contribution in [2.24, 2.45) is 0 Å². The Labute approximate surface area is 140 Å². The third-order valence-electron chi connectivity index (χ3n) is 3.05. The molecule has 0 aromatic carbocycles. The summed E-state index contributed by atoms with van der Waals surface area (Å²) in [6, 6.07) is 0. The van der Waals surface area contributed by atoms with Gasteiger partial charge in [-0.2, -0.15) is 0 Å². The highest BCUT2D eigenvalue weighted by Gasteiger charge is 2.21. The van der Waals surface area contributed by atoms with Crippen molar-refractivity contribution < 1.29 is 29.4 Å². The second-order valence-corrected chi connectivity index (χ2v) is 5.07. The van der Waals surface area contributed by atoms with Crippen LogP contribution in [0.25, 0.3) is 0 Å². The van der Waals surface area contributed by atoms with Crippen LogP contribution in [0, 0.1) is 0 Å². The van der Waals surface area contributed by atoms with Gasteiger partial charge >= 0.3 is 11.9 Å². The van der Waals surface area contributed by atoms with Crippen molar-refractivity contribution in [3.63, 3.8) is 0 Å². The van der Waals surface area contributed by atoms with Gasteiger partial charge in [-0.05, 0) is 13.6 Å². The summed E-state index contributed by atoms with van der Waals surface area (Å²) < 4.78 is 0. The molecule has 0 aromatic rings. The maximum atomic E-state index is 12.2. The molecule has 0 aromatic heterocycles. The van der Waals surface area contributed by atoms with Gasteiger partial charge in [0.2, 0.25) is 11.8 Å². The van der Waals surface area contributed by atoms with Crippen LogP contribution in [-0.4, -0.2) is 77.4 Å². The summed E-state index contributed by atoms with van der Waals surface area (Å²) in [5, 5.41) is 23.1. The summed E-state index contributed by atoms with van der Waals surface area (Å²) in [5.74, 6) is -2.95. The number of nitrogens with zero attached hydrogens (tertiary/aromatic N) is 2. The van der Waals surface area contributed by atoms with Crippen LogP contribution in [-0.2, 0) is 19.2 Å². The van der Waals surface area contributed by atoms with Gasteiger partial charge in [-0.25, -0.2) is 0 Å². The second-order valence-electron chi connectivity index (χ2n) is 5.07. The molecule has 0 fully saturated rings. The van der Waals surface area contributed by atoms with Crippen LogP contribution in [0.15, 0.2) is 0 Å². The highest BCUT2D eigenvalue weighted by atomic mass is 16.4. The molecule has 2 amide bonds. The summed E-state index contributed by atoms with van der Waals surface area (Å²) in [5.41, 5.74) is 0. The number of carboxylic acids is 2. The lowest BCUT2D eigenvalue weighted by Crippen LogP contribution is -2.50. The van der Waals surface area contributed by atoms with E-state index in [2.05, 4.69) is 10.6 Å². The normalized spacial score (nSPS) is 10.2. The zero-order chi connectivity index (χ0) is 18.5. The van der Waals surface area contributed by atoms with Gasteiger partial charge in [0.25, 0.3) is 0 Å². The number of carbonyl (C=O) groups excluding carboxylic acids is 2. The first-order valence-electron chi connectivity index (χ1n) is 7.66. The fourth-order valence-corrected chi connectivity index (χ4v) is 1.82. The summed E-state index contributed by atoms with van der Waals surface area (Å²) in [4.78, 5) is 48.1. The summed E-state index contributed by atoms with van der Waals surface area (Å²) in [7, 11) is 1.62. The minimum Gasteiger partial charge on any atom is -0.481 e. The van der Waals surface area contributed by atoms with Crippen molar-refractivity contribution in [2.75, 3.05) is 33.6 Å². The third kappa shape index (κ3) is 9.74. The van der Waals surface area contributed by atoms with Crippen LogP contribution in [0.2, 0.25) is 0 Å². The summed E-state index contributed by atoms with van der Waals surface area (Å²) in [6.07, 6.45) is -0.924. The predicted molar refractivity (Wildman–Crippen MR) is 84.8 cm³/mol. The standard InChI is InChI=1S/C14H26N4O6/c1-3-16-9-18(12(20)5-7-14(23)24)10-17(8-15-2)11(19)4-6-13(21)22/h15-16H,3-10H2,1-2H3,(H,21,22)(H,23,24). The van der Waals surface area contributed by atoms with Crippen LogP contribution < -0.4 is 10.6 Å². The molecule has 0 atom stereocenters. The van der Waals surface area contributed by atoms with E-state index in [0.717, 1.165) is 0 Å². The number of hydrogen-bond donors (Lipinski definition) is 4. The van der Waals surface area contributed by atoms with Crippen molar-refractivity contribution in [3.8, 4) is 0 Å². The number of carboxylic acid groups (broad SMARTS) is 2. The molecule has 138 valence electrons. The number of hydrogen-bond acceptors (Lipinski definition) is 6. The molecule has 0 saturated heterocycles. The molecule has 24 heavy (non-hydrogen) atoms. The summed E-state index contributed by atoms with van der Waals surface area (Å²) >= 11 is 0. The number of amides is 2. The highest BCUT2D eigenvalue weighted by molar-refractivity contribution is 5.82. The minimum absolute atomic E-state index is 0.0508. The van der Waals surface area contributed by atoms with Gasteiger partial charge in [0.15, 0.2) is 0 Å². The zero-order valence-electron chi connectivity index (χ0n) is 14.1. The molecule has 4 N–H and O–H groups in total. The van der Waals surface area contributed by atoms with Gasteiger partial charge in [0.1, 0.15) is 0 Å². The monoisotopic (exact) mass is 346 g/mol. The van der Waals surface area contributed by atoms with E-state index in [-0.39, 0.29) is 45.7 Å². The Kier molecular flexibility index (Phi) is 11.1. The topological polar surface area (TPSA) is 139 Å². The Morgan fingerprint density at radius 1 is 0.833 bits per heavy atom. The van der Waals surface area contributed by atoms with Crippen LogP contribution in [0.1, 0.15) is 32.6 Å². The van der Waals surface area contributed by atoms with Gasteiger partial charge in [-0.1, -0.05) is 6.92 Å². The molecule has 10 nitrogen and oxygen atoms in total. The average molecular weight is 346 g/mol. The van der Waals surface area contributed by atoms with E-state index in [1.807, 2.05) is 6.92 Å². The average Bonchev–Trinajstić information content (AvgIpc) is 2.53. The van der Waals surface area contributed by atoms with Crippen molar-refractivity contribution in [1.82, 2.24) is 20.4 Å². The summed E-state index contributed by atoms with van der Waals surface area (Å²) in [6.45, 7) is 2.71. The highest BCUT2D eigenvalue weighted by Crippen LogP contribution is 2.03. The Hall–Kier alpha value is -2.20. The molecule has 0 unspecified atom stereocenters. The number of carbonyl (C=O) groups is 4. The molecule has 0 aliphatic rings. The molecule has 0 bridgehead atoms. The van der Waals surface area contributed by atoms with Crippen molar-refractivity contribution in [3.05, 3.63) is 0 Å². The number of nitrogens with one attached hydrogen (secondary N) is 2. The third-order valence-corrected chi connectivity index (χ3v) is 3.05. The quantitative estimate of drug-likeness (QED) is 0.314. The van der Waals surface area contributed by atoms with Crippen molar-refractivity contribution in [1.29, 1.82) is 0 Å². The predicted octanol–water partition coefficient (Wildman–Crippen LogP) is -0.925. The van der Waals surface area contributed by atoms with E-state index < -0.39 is 23.8 Å². The number of aliphatic carboxylic acids is 2. The lowest BCUT2D eigenvalue weighted by Gasteiger charge is -2.30. The van der Waals surface area contributed by atoms with Gasteiger partial charge in [0.05, 0.1) is 32.8 Å². The molecule has 0 saturated carbocycles. The van der Waals surface area contributed by atoms with Gasteiger partial charge < -0.3 is 30.6 Å². The van der Waals surface area contributed by atoms with E-state index in [0.29, 0.717) is 6.54 Å². The van der Waals surface area contributed by atoms with E-state index >= 15 is 0 Å². The van der Waals surface area contributed by atoms with Crippen LogP contribution in [0.3, 0.4) is 0 Å². The molecule has 0 aliphatic carbocycles. The van der Waals surface area contributed by atoms with Gasteiger partial charge in [-0.3, -0.25) is 19.2 Å². The molecule has 0 rings (SSSR count). The van der Waals surface area contributed by atoms with Crippen LogP contribution in [0.5, 0.6) is 0 Å². The second kappa shape index (κ2) is 12.3. The fraction of sp³-hybridized carbons (Fsp3) is 0.714. The first-order chi connectivity index (χ1) is 11.3. The molecular formula is C14H26N4O6. The fourth-order valence-electron chi connectivity index (χ4n) is 1.82. The van der Waals surface area contributed by atoms with E-state index in [9.17, 15) is 19.2 Å². The molecule has 0 aliphatic heterocycles. The maximum absolute atomic E-state index is 12.2. The number of rotatable bonds is 13. The molecular weight excluding hydrogens is 320 g/mol. The van der Waals surface area contributed by atoms with Crippen LogP contribution >= 0.6 is 0 Å².